The molecule has 0 aromatic carbocycles. The van der Waals surface area contributed by atoms with Gasteiger partial charge in [-0.1, -0.05) is 13.8 Å². The van der Waals surface area contributed by atoms with Crippen molar-refractivity contribution in [3.8, 4) is 0 Å². The number of nitrogens with one attached hydrogen (secondary N) is 1. The molecule has 0 fully saturated rings. The first-order valence-corrected chi connectivity index (χ1v) is 6.18. The smallest absolute Gasteiger partial charge is 0.270 e. The molecule has 19 heavy (non-hydrogen) atoms. The maximum Gasteiger partial charge on any atom is 0.270 e. The maximum atomic E-state index is 12.0. The molecule has 0 unspecified atom stereocenters. The third-order valence-corrected chi connectivity index (χ3v) is 2.62. The topological polar surface area (TPSA) is 110 Å². The molecule has 1 aromatic rings. The Balaban J connectivity index is 2.76. The van der Waals surface area contributed by atoms with Crippen molar-refractivity contribution in [3.63, 3.8) is 0 Å². The van der Waals surface area contributed by atoms with Crippen LogP contribution in [0.25, 0.3) is 0 Å². The molecular weight excluding hydrogens is 248 g/mol. The lowest BCUT2D eigenvalue weighted by molar-refractivity contribution is -0.120. The van der Waals surface area contributed by atoms with E-state index >= 15 is 0 Å². The number of primary amides is 1. The monoisotopic (exact) mass is 268 g/mol. The third kappa shape index (κ3) is 4.36. The molecule has 0 bridgehead atoms. The lowest BCUT2D eigenvalue weighted by atomic mass is 10.0. The molecule has 1 aromatic heterocycles. The van der Waals surface area contributed by atoms with E-state index in [1.807, 2.05) is 13.8 Å². The molecule has 0 saturated carbocycles. The van der Waals surface area contributed by atoms with Crippen molar-refractivity contribution in [3.05, 3.63) is 18.0 Å². The summed E-state index contributed by atoms with van der Waals surface area (Å²) in [5, 5.41) is 15.4. The molecule has 0 radical (unpaired) electrons. The average Bonchev–Trinajstić information content (AvgIpc) is 2.76. The highest BCUT2D eigenvalue weighted by molar-refractivity contribution is 5.95. The molecule has 4 N–H and O–H groups in total. The quantitative estimate of drug-likeness (QED) is 0.619. The molecule has 7 heteroatoms. The zero-order valence-electron chi connectivity index (χ0n) is 11.2. The van der Waals surface area contributed by atoms with Gasteiger partial charge in [-0.05, 0) is 18.4 Å². The van der Waals surface area contributed by atoms with E-state index < -0.39 is 17.9 Å². The van der Waals surface area contributed by atoms with Gasteiger partial charge < -0.3 is 16.2 Å². The van der Waals surface area contributed by atoms with Crippen LogP contribution < -0.4 is 11.1 Å². The number of rotatable bonds is 7. The number of hydrogen-bond acceptors (Lipinski definition) is 4. The summed E-state index contributed by atoms with van der Waals surface area (Å²) in [6.45, 7) is 3.99. The van der Waals surface area contributed by atoms with Crippen molar-refractivity contribution in [2.24, 2.45) is 11.7 Å². The molecule has 1 heterocycles. The second kappa shape index (κ2) is 6.89. The summed E-state index contributed by atoms with van der Waals surface area (Å²) in [5.41, 5.74) is 5.56. The van der Waals surface area contributed by atoms with Crippen LogP contribution in [0.5, 0.6) is 0 Å². The van der Waals surface area contributed by atoms with Gasteiger partial charge in [-0.2, -0.15) is 5.10 Å². The minimum atomic E-state index is -0.704. The molecule has 0 aliphatic rings. The second-order valence-electron chi connectivity index (χ2n) is 4.72. The van der Waals surface area contributed by atoms with Gasteiger partial charge in [-0.15, -0.1) is 0 Å². The number of hydrogen-bond donors (Lipinski definition) is 3. The fourth-order valence-electron chi connectivity index (χ4n) is 1.75. The first-order valence-electron chi connectivity index (χ1n) is 6.18. The van der Waals surface area contributed by atoms with Gasteiger partial charge in [0.1, 0.15) is 11.7 Å². The summed E-state index contributed by atoms with van der Waals surface area (Å²) in [5.74, 6) is -0.745. The fourth-order valence-corrected chi connectivity index (χ4v) is 1.75. The first-order chi connectivity index (χ1) is 8.95. The van der Waals surface area contributed by atoms with Crippen LogP contribution in [0.15, 0.2) is 12.3 Å². The summed E-state index contributed by atoms with van der Waals surface area (Å²) in [6.07, 6.45) is 1.95. The number of aromatic nitrogens is 2. The Morgan fingerprint density at radius 3 is 2.74 bits per heavy atom. The van der Waals surface area contributed by atoms with E-state index in [4.69, 9.17) is 10.8 Å². The van der Waals surface area contributed by atoms with Crippen molar-refractivity contribution < 1.29 is 14.7 Å². The zero-order valence-corrected chi connectivity index (χ0v) is 11.2. The molecule has 0 aliphatic heterocycles. The first kappa shape index (κ1) is 15.2. The number of amides is 2. The molecule has 1 rings (SSSR count). The summed E-state index contributed by atoms with van der Waals surface area (Å²) >= 11 is 0. The van der Waals surface area contributed by atoms with Crippen molar-refractivity contribution in [2.75, 3.05) is 6.61 Å². The van der Waals surface area contributed by atoms with Gasteiger partial charge in [-0.25, -0.2) is 0 Å². The zero-order chi connectivity index (χ0) is 14.4. The van der Waals surface area contributed by atoms with Crippen LogP contribution in [0, 0.1) is 5.92 Å². The largest absolute Gasteiger partial charge is 0.394 e. The molecule has 2 amide bonds. The van der Waals surface area contributed by atoms with E-state index in [1.54, 1.807) is 0 Å². The van der Waals surface area contributed by atoms with E-state index in [2.05, 4.69) is 10.4 Å². The second-order valence-corrected chi connectivity index (χ2v) is 4.72. The predicted octanol–water partition coefficient (Wildman–Crippen LogP) is -0.495. The van der Waals surface area contributed by atoms with Gasteiger partial charge >= 0.3 is 0 Å². The normalized spacial score (nSPS) is 12.4. The van der Waals surface area contributed by atoms with Gasteiger partial charge in [0.2, 0.25) is 5.91 Å². The number of aliphatic hydroxyl groups excluding tert-OH is 1. The van der Waals surface area contributed by atoms with Crippen LogP contribution in [0.1, 0.15) is 30.8 Å². The van der Waals surface area contributed by atoms with Gasteiger partial charge in [0, 0.05) is 6.20 Å². The van der Waals surface area contributed by atoms with Gasteiger partial charge in [0.05, 0.1) is 13.2 Å². The molecule has 106 valence electrons. The number of nitrogens with two attached hydrogens (primary N) is 1. The lowest BCUT2D eigenvalue weighted by Crippen LogP contribution is -2.45. The summed E-state index contributed by atoms with van der Waals surface area (Å²) in [4.78, 5) is 23.3. The highest BCUT2D eigenvalue weighted by atomic mass is 16.3. The van der Waals surface area contributed by atoms with Crippen LogP contribution in [-0.4, -0.2) is 39.4 Å². The minimum absolute atomic E-state index is 0.118. The number of carbonyl (C=O) groups excluding carboxylic acids is 2. The Morgan fingerprint density at radius 2 is 2.21 bits per heavy atom. The van der Waals surface area contributed by atoms with Gasteiger partial charge in [0.15, 0.2) is 0 Å². The van der Waals surface area contributed by atoms with E-state index in [-0.39, 0.29) is 19.1 Å². The van der Waals surface area contributed by atoms with E-state index in [9.17, 15) is 9.59 Å². The number of aliphatic hydroxyl groups is 1. The van der Waals surface area contributed by atoms with Gasteiger partial charge in [0.25, 0.3) is 5.91 Å². The van der Waals surface area contributed by atoms with Crippen molar-refractivity contribution >= 4 is 11.8 Å². The Morgan fingerprint density at radius 1 is 1.53 bits per heavy atom. The van der Waals surface area contributed by atoms with Crippen molar-refractivity contribution in [1.82, 2.24) is 15.1 Å². The van der Waals surface area contributed by atoms with Crippen molar-refractivity contribution in [2.45, 2.75) is 32.9 Å². The average molecular weight is 268 g/mol. The van der Waals surface area contributed by atoms with Gasteiger partial charge in [-0.3, -0.25) is 14.3 Å². The Kier molecular flexibility index (Phi) is 5.50. The van der Waals surface area contributed by atoms with E-state index in [0.717, 1.165) is 0 Å². The number of nitrogens with zero attached hydrogens (tertiary/aromatic N) is 2. The molecule has 0 aliphatic carbocycles. The highest BCUT2D eigenvalue weighted by Gasteiger charge is 2.21. The lowest BCUT2D eigenvalue weighted by Gasteiger charge is -2.17. The summed E-state index contributed by atoms with van der Waals surface area (Å²) < 4.78 is 1.38. The molecule has 7 nitrogen and oxygen atoms in total. The van der Waals surface area contributed by atoms with Crippen molar-refractivity contribution in [1.29, 1.82) is 0 Å². The summed E-state index contributed by atoms with van der Waals surface area (Å²) in [6, 6.07) is 0.822. The van der Waals surface area contributed by atoms with Crippen LogP contribution in [0.3, 0.4) is 0 Å². The highest BCUT2D eigenvalue weighted by Crippen LogP contribution is 2.06. The molecular formula is C12H20N4O3. The standard InChI is InChI=1S/C12H20N4O3/c1-8(2)7-9(11(13)18)15-12(19)10-3-4-14-16(10)5-6-17/h3-4,8-9,17H,5-7H2,1-2H3,(H2,13,18)(H,15,19)/t9-/m0/s1. The van der Waals surface area contributed by atoms with E-state index in [1.165, 1.54) is 16.9 Å². The fraction of sp³-hybridized carbons (Fsp3) is 0.583. The Bertz CT molecular complexity index is 442. The molecule has 0 saturated heterocycles. The molecule has 1 atom stereocenters. The minimum Gasteiger partial charge on any atom is -0.394 e. The summed E-state index contributed by atoms with van der Waals surface area (Å²) in [7, 11) is 0. The third-order valence-electron chi connectivity index (χ3n) is 2.62. The maximum absolute atomic E-state index is 12.0. The van der Waals surface area contributed by atoms with E-state index in [0.29, 0.717) is 12.1 Å². The van der Waals surface area contributed by atoms with Crippen LogP contribution >= 0.6 is 0 Å². The predicted molar refractivity (Wildman–Crippen MR) is 69.2 cm³/mol. The Hall–Kier alpha value is -1.89. The molecule has 0 spiro atoms. The van der Waals surface area contributed by atoms with Crippen LogP contribution in [0.2, 0.25) is 0 Å². The van der Waals surface area contributed by atoms with Crippen LogP contribution in [-0.2, 0) is 11.3 Å². The van der Waals surface area contributed by atoms with Crippen LogP contribution in [0.4, 0.5) is 0 Å². The SMILES string of the molecule is CC(C)C[C@H](NC(=O)c1ccnn1CCO)C(N)=O. The Labute approximate surface area is 111 Å². The number of carbonyl (C=O) groups is 2.